The zero-order valence-corrected chi connectivity index (χ0v) is 15.5. The third kappa shape index (κ3) is 2.81. The number of alkyl halides is 3. The summed E-state index contributed by atoms with van der Waals surface area (Å²) in [7, 11) is 1.67. The number of hydrogen-bond acceptors (Lipinski definition) is 3. The Kier molecular flexibility index (Phi) is 3.86. The second-order valence-corrected chi connectivity index (χ2v) is 8.51. The van der Waals surface area contributed by atoms with E-state index in [1.165, 1.54) is 12.1 Å². The first-order valence-corrected chi connectivity index (χ1v) is 8.91. The van der Waals surface area contributed by atoms with Crippen molar-refractivity contribution in [2.45, 2.75) is 26.4 Å². The minimum absolute atomic E-state index is 0.0184. The van der Waals surface area contributed by atoms with Crippen LogP contribution in [0.3, 0.4) is 0 Å². The Hall–Kier alpha value is -2.09. The average Bonchev–Trinajstić information content (AvgIpc) is 3.13. The lowest BCUT2D eigenvalue weighted by molar-refractivity contribution is -0.144. The molecule has 1 aromatic carbocycles. The fraction of sp³-hybridized carbons (Fsp3) is 0.579. The normalized spacial score (nSPS) is 26.9. The van der Waals surface area contributed by atoms with Gasteiger partial charge in [-0.2, -0.15) is 13.2 Å². The standard InChI is InChI=1S/C19H22F3N3O2/c1-17(2)8-18(10-27-3)9-25(7-14(17)18)15(26)11-4-5-12-13(6-11)24-16(23-12)19(20,21)22/h4-6,14H,7-10H2,1-3H3,(H,23,24)/t14-,18-/m1/s1. The van der Waals surface area contributed by atoms with Crippen LogP contribution in [0.1, 0.15) is 36.5 Å². The van der Waals surface area contributed by atoms with E-state index in [9.17, 15) is 18.0 Å². The largest absolute Gasteiger partial charge is 0.449 e. The molecule has 1 aliphatic heterocycles. The Morgan fingerprint density at radius 3 is 2.78 bits per heavy atom. The van der Waals surface area contributed by atoms with Crippen LogP contribution >= 0.6 is 0 Å². The molecule has 1 aromatic heterocycles. The number of nitrogens with zero attached hydrogens (tertiary/aromatic N) is 2. The number of ether oxygens (including phenoxy) is 1. The van der Waals surface area contributed by atoms with E-state index in [1.54, 1.807) is 18.1 Å². The number of nitrogens with one attached hydrogen (secondary N) is 1. The van der Waals surface area contributed by atoms with E-state index < -0.39 is 12.0 Å². The molecule has 0 unspecified atom stereocenters. The molecular weight excluding hydrogens is 359 g/mol. The Morgan fingerprint density at radius 2 is 2.15 bits per heavy atom. The van der Waals surface area contributed by atoms with Crippen LogP contribution in [0.15, 0.2) is 18.2 Å². The van der Waals surface area contributed by atoms with E-state index in [4.69, 9.17) is 4.74 Å². The molecule has 0 radical (unpaired) electrons. The molecule has 2 heterocycles. The Bertz CT molecular complexity index is 905. The predicted molar refractivity (Wildman–Crippen MR) is 93.2 cm³/mol. The molecule has 8 heteroatoms. The highest BCUT2D eigenvalue weighted by molar-refractivity contribution is 5.97. The Balaban J connectivity index is 1.60. The molecule has 2 aliphatic rings. The Labute approximate surface area is 154 Å². The van der Waals surface area contributed by atoms with Crippen molar-refractivity contribution >= 4 is 16.9 Å². The van der Waals surface area contributed by atoms with Crippen LogP contribution < -0.4 is 0 Å². The number of fused-ring (bicyclic) bond motifs is 2. The number of aromatic amines is 1. The van der Waals surface area contributed by atoms with Crippen LogP contribution in [-0.2, 0) is 10.9 Å². The summed E-state index contributed by atoms with van der Waals surface area (Å²) >= 11 is 0. The van der Waals surface area contributed by atoms with Gasteiger partial charge in [-0.15, -0.1) is 0 Å². The smallest absolute Gasteiger partial charge is 0.384 e. The molecule has 0 bridgehead atoms. The van der Waals surface area contributed by atoms with Gasteiger partial charge in [0.05, 0.1) is 17.6 Å². The molecular formula is C19H22F3N3O2. The number of hydrogen-bond donors (Lipinski definition) is 1. The van der Waals surface area contributed by atoms with Gasteiger partial charge in [0.15, 0.2) is 0 Å². The highest BCUT2D eigenvalue weighted by atomic mass is 19.4. The summed E-state index contributed by atoms with van der Waals surface area (Å²) in [5.41, 5.74) is 0.906. The Morgan fingerprint density at radius 1 is 1.41 bits per heavy atom. The first kappa shape index (κ1) is 18.3. The van der Waals surface area contributed by atoms with Gasteiger partial charge >= 0.3 is 6.18 Å². The van der Waals surface area contributed by atoms with Crippen LogP contribution in [0.4, 0.5) is 13.2 Å². The van der Waals surface area contributed by atoms with Crippen molar-refractivity contribution in [1.82, 2.24) is 14.9 Å². The van der Waals surface area contributed by atoms with Crippen molar-refractivity contribution < 1.29 is 22.7 Å². The maximum atomic E-state index is 13.0. The molecule has 1 saturated carbocycles. The third-order valence-corrected chi connectivity index (χ3v) is 6.12. The predicted octanol–water partition coefficient (Wildman–Crippen LogP) is 3.72. The van der Waals surface area contributed by atoms with E-state index in [0.29, 0.717) is 31.2 Å². The number of likely N-dealkylation sites (tertiary alicyclic amines) is 1. The second kappa shape index (κ2) is 5.70. The lowest BCUT2D eigenvalue weighted by Crippen LogP contribution is -2.55. The van der Waals surface area contributed by atoms with Crippen LogP contribution in [0.25, 0.3) is 11.0 Å². The topological polar surface area (TPSA) is 58.2 Å². The summed E-state index contributed by atoms with van der Waals surface area (Å²) in [6.45, 7) is 6.27. The molecule has 146 valence electrons. The molecule has 0 spiro atoms. The first-order chi connectivity index (χ1) is 12.6. The molecule has 1 N–H and O–H groups in total. The van der Waals surface area contributed by atoms with E-state index in [0.717, 1.165) is 6.42 Å². The first-order valence-electron chi connectivity index (χ1n) is 8.91. The number of H-pyrrole nitrogens is 1. The van der Waals surface area contributed by atoms with Gasteiger partial charge in [-0.3, -0.25) is 4.79 Å². The summed E-state index contributed by atoms with van der Waals surface area (Å²) in [5, 5.41) is 0. The zero-order valence-electron chi connectivity index (χ0n) is 15.5. The number of aromatic nitrogens is 2. The van der Waals surface area contributed by atoms with Crippen molar-refractivity contribution in [3.8, 4) is 0 Å². The molecule has 2 aromatic rings. The monoisotopic (exact) mass is 381 g/mol. The summed E-state index contributed by atoms with van der Waals surface area (Å²) in [6, 6.07) is 4.45. The number of methoxy groups -OCH3 is 1. The third-order valence-electron chi connectivity index (χ3n) is 6.12. The molecule has 1 saturated heterocycles. The maximum absolute atomic E-state index is 13.0. The van der Waals surface area contributed by atoms with E-state index in [2.05, 4.69) is 23.8 Å². The maximum Gasteiger partial charge on any atom is 0.449 e. The number of imidazole rings is 1. The lowest BCUT2D eigenvalue weighted by atomic mass is 9.48. The summed E-state index contributed by atoms with van der Waals surface area (Å²) in [5.74, 6) is -0.857. The molecule has 5 nitrogen and oxygen atoms in total. The number of carbonyl (C=O) groups excluding carboxylic acids is 1. The fourth-order valence-corrected chi connectivity index (χ4v) is 5.22. The number of halogens is 3. The fourth-order valence-electron chi connectivity index (χ4n) is 5.22. The van der Waals surface area contributed by atoms with E-state index in [-0.39, 0.29) is 27.8 Å². The van der Waals surface area contributed by atoms with Crippen LogP contribution in [-0.4, -0.2) is 47.6 Å². The number of carbonyl (C=O) groups is 1. The number of rotatable bonds is 3. The molecule has 2 fully saturated rings. The van der Waals surface area contributed by atoms with Crippen LogP contribution in [0, 0.1) is 16.7 Å². The van der Waals surface area contributed by atoms with Gasteiger partial charge in [-0.25, -0.2) is 4.98 Å². The highest BCUT2D eigenvalue weighted by Crippen LogP contribution is 2.62. The van der Waals surface area contributed by atoms with Crippen molar-refractivity contribution in [1.29, 1.82) is 0 Å². The highest BCUT2D eigenvalue weighted by Gasteiger charge is 2.63. The molecule has 27 heavy (non-hydrogen) atoms. The molecule has 1 aliphatic carbocycles. The van der Waals surface area contributed by atoms with Crippen molar-refractivity contribution in [3.05, 3.63) is 29.6 Å². The van der Waals surface area contributed by atoms with Gasteiger partial charge in [-0.1, -0.05) is 13.8 Å². The minimum Gasteiger partial charge on any atom is -0.384 e. The SMILES string of the molecule is COC[C@@]12CN(C(=O)c3ccc4nc(C(F)(F)F)[nH]c4c3)C[C@@H]1C(C)(C)C2. The number of benzene rings is 1. The summed E-state index contributed by atoms with van der Waals surface area (Å²) in [6.07, 6.45) is -3.55. The minimum atomic E-state index is -4.55. The van der Waals surface area contributed by atoms with Gasteiger partial charge in [0.25, 0.3) is 5.91 Å². The van der Waals surface area contributed by atoms with E-state index in [1.807, 2.05) is 0 Å². The number of amides is 1. The molecule has 4 rings (SSSR count). The van der Waals surface area contributed by atoms with Crippen molar-refractivity contribution in [2.24, 2.45) is 16.7 Å². The van der Waals surface area contributed by atoms with Crippen molar-refractivity contribution in [3.63, 3.8) is 0 Å². The van der Waals surface area contributed by atoms with Gasteiger partial charge < -0.3 is 14.6 Å². The quantitative estimate of drug-likeness (QED) is 0.882. The average molecular weight is 381 g/mol. The second-order valence-electron chi connectivity index (χ2n) is 8.51. The van der Waals surface area contributed by atoms with Crippen LogP contribution in [0.2, 0.25) is 0 Å². The van der Waals surface area contributed by atoms with Crippen LogP contribution in [0.5, 0.6) is 0 Å². The zero-order chi connectivity index (χ0) is 19.6. The summed E-state index contributed by atoms with van der Waals surface area (Å²) < 4.78 is 43.9. The van der Waals surface area contributed by atoms with Gasteiger partial charge in [0.1, 0.15) is 0 Å². The van der Waals surface area contributed by atoms with Gasteiger partial charge in [0, 0.05) is 31.2 Å². The summed E-state index contributed by atoms with van der Waals surface area (Å²) in [4.78, 5) is 20.6. The molecule has 2 atom stereocenters. The van der Waals surface area contributed by atoms with Crippen molar-refractivity contribution in [2.75, 3.05) is 26.8 Å². The molecule has 1 amide bonds. The van der Waals surface area contributed by atoms with Gasteiger partial charge in [-0.05, 0) is 36.0 Å². The van der Waals surface area contributed by atoms with Gasteiger partial charge in [0.2, 0.25) is 5.82 Å². The lowest BCUT2D eigenvalue weighted by Gasteiger charge is -2.56. The van der Waals surface area contributed by atoms with E-state index >= 15 is 0 Å².